The third-order valence-electron chi connectivity index (χ3n) is 2.60. The summed E-state index contributed by atoms with van der Waals surface area (Å²) in [6, 6.07) is 7.24. The fourth-order valence-electron chi connectivity index (χ4n) is 1.71. The van der Waals surface area contributed by atoms with Gasteiger partial charge in [0.15, 0.2) is 5.78 Å². The minimum Gasteiger partial charge on any atom is -0.497 e. The molecule has 0 aliphatic heterocycles. The van der Waals surface area contributed by atoms with Crippen LogP contribution in [0.5, 0.6) is 5.75 Å². The Morgan fingerprint density at radius 3 is 2.47 bits per heavy atom. The van der Waals surface area contributed by atoms with Crippen molar-refractivity contribution >= 4 is 11.5 Å². The van der Waals surface area contributed by atoms with Gasteiger partial charge in [-0.15, -0.1) is 0 Å². The topological polar surface area (TPSA) is 52.3 Å². The van der Waals surface area contributed by atoms with Crippen LogP contribution in [0.3, 0.4) is 0 Å². The highest BCUT2D eigenvalue weighted by Crippen LogP contribution is 2.20. The Kier molecular flexibility index (Phi) is 3.46. The number of carbonyl (C=O) groups is 1. The SMILES string of the molecule is COc1ccc(C(=O)c2cc(N)cc(F)c2)c(F)c1. The molecule has 0 aliphatic rings. The summed E-state index contributed by atoms with van der Waals surface area (Å²) in [6.07, 6.45) is 0. The van der Waals surface area contributed by atoms with E-state index in [0.29, 0.717) is 5.75 Å². The van der Waals surface area contributed by atoms with Crippen molar-refractivity contribution in [3.63, 3.8) is 0 Å². The summed E-state index contributed by atoms with van der Waals surface area (Å²) in [7, 11) is 1.39. The molecule has 0 atom stereocenters. The van der Waals surface area contributed by atoms with Crippen molar-refractivity contribution in [1.29, 1.82) is 0 Å². The van der Waals surface area contributed by atoms with Gasteiger partial charge in [-0.25, -0.2) is 8.78 Å². The number of ether oxygens (including phenoxy) is 1. The van der Waals surface area contributed by atoms with E-state index in [9.17, 15) is 13.6 Å². The maximum atomic E-state index is 13.7. The van der Waals surface area contributed by atoms with Crippen LogP contribution in [0.1, 0.15) is 15.9 Å². The van der Waals surface area contributed by atoms with E-state index in [4.69, 9.17) is 10.5 Å². The van der Waals surface area contributed by atoms with E-state index < -0.39 is 17.4 Å². The quantitative estimate of drug-likeness (QED) is 0.684. The monoisotopic (exact) mass is 263 g/mol. The van der Waals surface area contributed by atoms with Crippen LogP contribution < -0.4 is 10.5 Å². The summed E-state index contributed by atoms with van der Waals surface area (Å²) in [5.41, 5.74) is 5.40. The molecular weight excluding hydrogens is 252 g/mol. The second kappa shape index (κ2) is 5.06. The number of halogens is 2. The molecule has 0 fully saturated rings. The summed E-state index contributed by atoms with van der Waals surface area (Å²) in [6.45, 7) is 0. The molecule has 5 heteroatoms. The van der Waals surface area contributed by atoms with Crippen molar-refractivity contribution in [2.24, 2.45) is 0 Å². The van der Waals surface area contributed by atoms with Gasteiger partial charge >= 0.3 is 0 Å². The molecule has 19 heavy (non-hydrogen) atoms. The van der Waals surface area contributed by atoms with E-state index in [-0.39, 0.29) is 16.8 Å². The molecule has 2 aromatic rings. The number of ketones is 1. The highest BCUT2D eigenvalue weighted by atomic mass is 19.1. The van der Waals surface area contributed by atoms with Crippen molar-refractivity contribution < 1.29 is 18.3 Å². The van der Waals surface area contributed by atoms with Crippen molar-refractivity contribution in [3.05, 3.63) is 59.2 Å². The molecule has 2 N–H and O–H groups in total. The highest BCUT2D eigenvalue weighted by molar-refractivity contribution is 6.09. The number of carbonyl (C=O) groups excluding carboxylic acids is 1. The Morgan fingerprint density at radius 1 is 1.16 bits per heavy atom. The van der Waals surface area contributed by atoms with E-state index in [2.05, 4.69) is 0 Å². The van der Waals surface area contributed by atoms with Crippen LogP contribution in [0.15, 0.2) is 36.4 Å². The Labute approximate surface area is 108 Å². The van der Waals surface area contributed by atoms with Gasteiger partial charge in [-0.05, 0) is 30.3 Å². The zero-order valence-electron chi connectivity index (χ0n) is 10.1. The first-order valence-corrected chi connectivity index (χ1v) is 5.45. The number of benzene rings is 2. The lowest BCUT2D eigenvalue weighted by molar-refractivity contribution is 0.103. The Bertz CT molecular complexity index is 621. The van der Waals surface area contributed by atoms with Gasteiger partial charge in [-0.1, -0.05) is 0 Å². The van der Waals surface area contributed by atoms with Gasteiger partial charge in [0.1, 0.15) is 17.4 Å². The van der Waals surface area contributed by atoms with E-state index in [0.717, 1.165) is 18.2 Å². The molecule has 0 aromatic heterocycles. The van der Waals surface area contributed by atoms with Crippen molar-refractivity contribution in [3.8, 4) is 5.75 Å². The molecule has 0 saturated carbocycles. The summed E-state index contributed by atoms with van der Waals surface area (Å²) < 4.78 is 31.8. The predicted octanol–water partition coefficient (Wildman–Crippen LogP) is 2.79. The van der Waals surface area contributed by atoms with Gasteiger partial charge in [0.2, 0.25) is 0 Å². The maximum absolute atomic E-state index is 13.7. The van der Waals surface area contributed by atoms with Gasteiger partial charge in [0.05, 0.1) is 12.7 Å². The maximum Gasteiger partial charge on any atom is 0.196 e. The highest BCUT2D eigenvalue weighted by Gasteiger charge is 2.16. The Morgan fingerprint density at radius 2 is 1.89 bits per heavy atom. The van der Waals surface area contributed by atoms with Crippen molar-refractivity contribution in [1.82, 2.24) is 0 Å². The van der Waals surface area contributed by atoms with Crippen LogP contribution in [0, 0.1) is 11.6 Å². The minimum absolute atomic E-state index is 0.00145. The molecule has 0 aliphatic carbocycles. The normalized spacial score (nSPS) is 10.3. The largest absolute Gasteiger partial charge is 0.497 e. The van der Waals surface area contributed by atoms with Crippen molar-refractivity contribution in [2.45, 2.75) is 0 Å². The van der Waals surface area contributed by atoms with Crippen LogP contribution in [0.4, 0.5) is 14.5 Å². The molecule has 0 heterocycles. The van der Waals surface area contributed by atoms with E-state index in [1.165, 1.54) is 25.3 Å². The Hall–Kier alpha value is -2.43. The fraction of sp³-hybridized carbons (Fsp3) is 0.0714. The number of anilines is 1. The molecule has 0 bridgehead atoms. The molecule has 0 unspecified atom stereocenters. The van der Waals surface area contributed by atoms with Crippen LogP contribution in [-0.2, 0) is 0 Å². The molecule has 0 radical (unpaired) electrons. The molecule has 98 valence electrons. The second-order valence-electron chi connectivity index (χ2n) is 3.95. The number of hydrogen-bond donors (Lipinski definition) is 1. The third kappa shape index (κ3) is 2.70. The number of nitrogen functional groups attached to an aromatic ring is 1. The number of nitrogens with two attached hydrogens (primary N) is 1. The average Bonchev–Trinajstić information content (AvgIpc) is 2.36. The number of rotatable bonds is 3. The van der Waals surface area contributed by atoms with Crippen LogP contribution >= 0.6 is 0 Å². The number of hydrogen-bond acceptors (Lipinski definition) is 3. The van der Waals surface area contributed by atoms with Crippen LogP contribution in [-0.4, -0.2) is 12.9 Å². The first kappa shape index (κ1) is 13.0. The number of methoxy groups -OCH3 is 1. The van der Waals surface area contributed by atoms with E-state index in [1.54, 1.807) is 0 Å². The molecule has 0 amide bonds. The lowest BCUT2D eigenvalue weighted by atomic mass is 10.0. The molecule has 0 saturated heterocycles. The molecule has 3 nitrogen and oxygen atoms in total. The van der Waals surface area contributed by atoms with Gasteiger partial charge < -0.3 is 10.5 Å². The first-order chi connectivity index (χ1) is 9.01. The van der Waals surface area contributed by atoms with Gasteiger partial charge in [0.25, 0.3) is 0 Å². The summed E-state index contributed by atoms with van der Waals surface area (Å²) >= 11 is 0. The zero-order chi connectivity index (χ0) is 14.0. The Balaban J connectivity index is 2.44. The average molecular weight is 263 g/mol. The van der Waals surface area contributed by atoms with Gasteiger partial charge in [0, 0.05) is 17.3 Å². The predicted molar refractivity (Wildman–Crippen MR) is 67.2 cm³/mol. The van der Waals surface area contributed by atoms with E-state index >= 15 is 0 Å². The van der Waals surface area contributed by atoms with Crippen LogP contribution in [0.2, 0.25) is 0 Å². The summed E-state index contributed by atoms with van der Waals surface area (Å²) in [5.74, 6) is -1.70. The zero-order valence-corrected chi connectivity index (χ0v) is 10.1. The molecule has 0 spiro atoms. The van der Waals surface area contributed by atoms with Crippen LogP contribution in [0.25, 0.3) is 0 Å². The van der Waals surface area contributed by atoms with E-state index in [1.807, 2.05) is 0 Å². The molecule has 2 aromatic carbocycles. The summed E-state index contributed by atoms with van der Waals surface area (Å²) in [4.78, 5) is 12.1. The molecular formula is C14H11F2NO2. The fourth-order valence-corrected chi connectivity index (χ4v) is 1.71. The molecule has 2 rings (SSSR count). The van der Waals surface area contributed by atoms with Crippen molar-refractivity contribution in [2.75, 3.05) is 12.8 Å². The van der Waals surface area contributed by atoms with Gasteiger partial charge in [-0.3, -0.25) is 4.79 Å². The minimum atomic E-state index is -0.729. The lowest BCUT2D eigenvalue weighted by Gasteiger charge is -2.06. The standard InChI is InChI=1S/C14H11F2NO2/c1-19-11-2-3-12(13(16)7-11)14(18)8-4-9(15)6-10(17)5-8/h2-7H,17H2,1H3. The lowest BCUT2D eigenvalue weighted by Crippen LogP contribution is -2.06. The third-order valence-corrected chi connectivity index (χ3v) is 2.60. The first-order valence-electron chi connectivity index (χ1n) is 5.45. The summed E-state index contributed by atoms with van der Waals surface area (Å²) in [5, 5.41) is 0. The second-order valence-corrected chi connectivity index (χ2v) is 3.95. The smallest absolute Gasteiger partial charge is 0.196 e. The van der Waals surface area contributed by atoms with Gasteiger partial charge in [-0.2, -0.15) is 0 Å².